The van der Waals surface area contributed by atoms with E-state index in [0.717, 1.165) is 4.47 Å². The van der Waals surface area contributed by atoms with Gasteiger partial charge in [0.15, 0.2) is 0 Å². The molecule has 0 amide bonds. The normalized spacial score (nSPS) is 13.5. The predicted molar refractivity (Wildman–Crippen MR) is 77.5 cm³/mol. The molecule has 2 aromatic rings. The van der Waals surface area contributed by atoms with Crippen molar-refractivity contribution in [1.82, 2.24) is 4.57 Å². The molecule has 92 valence electrons. The zero-order valence-electron chi connectivity index (χ0n) is 10.6. The van der Waals surface area contributed by atoms with E-state index in [4.69, 9.17) is 5.73 Å². The molecule has 17 heavy (non-hydrogen) atoms. The molecular formula is C14H19BrN2. The molecule has 0 aliphatic carbocycles. The summed E-state index contributed by atoms with van der Waals surface area (Å²) in [6, 6.07) is 9.06. The number of hydrogen-bond donors (Lipinski definition) is 1. The highest BCUT2D eigenvalue weighted by Gasteiger charge is 2.16. The zero-order valence-corrected chi connectivity index (χ0v) is 12.2. The minimum absolute atomic E-state index is 0.386. The van der Waals surface area contributed by atoms with Gasteiger partial charge in [0.05, 0.1) is 0 Å². The first-order chi connectivity index (χ1) is 8.06. The second-order valence-electron chi connectivity index (χ2n) is 4.84. The van der Waals surface area contributed by atoms with Crippen molar-refractivity contribution in [2.75, 3.05) is 6.54 Å². The Morgan fingerprint density at radius 1 is 1.29 bits per heavy atom. The summed E-state index contributed by atoms with van der Waals surface area (Å²) >= 11 is 3.62. The summed E-state index contributed by atoms with van der Waals surface area (Å²) in [6.07, 6.45) is 0. The van der Waals surface area contributed by atoms with Crippen LogP contribution in [0.5, 0.6) is 0 Å². The Hall–Kier alpha value is -0.800. The number of nitrogens with two attached hydrogens (primary N) is 1. The third-order valence-electron chi connectivity index (χ3n) is 3.23. The largest absolute Gasteiger partial charge is 0.342 e. The van der Waals surface area contributed by atoms with Gasteiger partial charge in [0.25, 0.3) is 0 Å². The molecule has 0 saturated heterocycles. The molecule has 1 unspecified atom stereocenters. The highest BCUT2D eigenvalue weighted by molar-refractivity contribution is 9.10. The van der Waals surface area contributed by atoms with Crippen molar-refractivity contribution in [3.63, 3.8) is 0 Å². The van der Waals surface area contributed by atoms with E-state index in [1.165, 1.54) is 16.6 Å². The second kappa shape index (κ2) is 4.83. The van der Waals surface area contributed by atoms with E-state index in [0.29, 0.717) is 18.5 Å². The molecule has 1 aromatic heterocycles. The molecule has 3 heteroatoms. The number of benzene rings is 1. The smallest absolute Gasteiger partial charge is 0.0496 e. The molecule has 0 fully saturated rings. The van der Waals surface area contributed by atoms with Gasteiger partial charge in [-0.2, -0.15) is 0 Å². The van der Waals surface area contributed by atoms with Gasteiger partial charge < -0.3 is 10.3 Å². The van der Waals surface area contributed by atoms with Gasteiger partial charge in [0.1, 0.15) is 0 Å². The van der Waals surface area contributed by atoms with Crippen molar-refractivity contribution in [2.45, 2.75) is 32.7 Å². The third kappa shape index (κ3) is 2.14. The lowest BCUT2D eigenvalue weighted by Crippen LogP contribution is -2.14. The number of aromatic nitrogens is 1. The average Bonchev–Trinajstić information content (AvgIpc) is 2.68. The van der Waals surface area contributed by atoms with Crippen LogP contribution in [0.3, 0.4) is 0 Å². The molecule has 1 aromatic carbocycles. The minimum atomic E-state index is 0.386. The summed E-state index contributed by atoms with van der Waals surface area (Å²) in [6.45, 7) is 7.29. The van der Waals surface area contributed by atoms with E-state index < -0.39 is 0 Å². The molecule has 1 heterocycles. The monoisotopic (exact) mass is 294 g/mol. The maximum atomic E-state index is 5.81. The zero-order chi connectivity index (χ0) is 12.6. The fourth-order valence-electron chi connectivity index (χ4n) is 2.31. The van der Waals surface area contributed by atoms with Gasteiger partial charge in [-0.15, -0.1) is 0 Å². The SMILES string of the molecule is CC(CN)c1cc2c(Br)cccc2n1C(C)C. The Bertz CT molecular complexity index is 528. The lowest BCUT2D eigenvalue weighted by atomic mass is 10.1. The molecule has 2 rings (SSSR count). The summed E-state index contributed by atoms with van der Waals surface area (Å²) in [7, 11) is 0. The van der Waals surface area contributed by atoms with Gasteiger partial charge >= 0.3 is 0 Å². The van der Waals surface area contributed by atoms with Gasteiger partial charge in [0, 0.05) is 39.6 Å². The standard InChI is InChI=1S/C14H19BrN2/c1-9(2)17-13-6-4-5-12(15)11(13)7-14(17)10(3)8-16/h4-7,9-10H,8,16H2,1-3H3. The molecule has 1 atom stereocenters. The van der Waals surface area contributed by atoms with Gasteiger partial charge in [-0.3, -0.25) is 0 Å². The van der Waals surface area contributed by atoms with Gasteiger partial charge in [0.2, 0.25) is 0 Å². The molecule has 0 aliphatic heterocycles. The number of fused-ring (bicyclic) bond motifs is 1. The number of nitrogens with zero attached hydrogens (tertiary/aromatic N) is 1. The summed E-state index contributed by atoms with van der Waals surface area (Å²) in [5.41, 5.74) is 8.41. The van der Waals surface area contributed by atoms with Crippen molar-refractivity contribution in [3.8, 4) is 0 Å². The molecule has 0 radical (unpaired) electrons. The van der Waals surface area contributed by atoms with Crippen LogP contribution >= 0.6 is 15.9 Å². The fraction of sp³-hybridized carbons (Fsp3) is 0.429. The Kier molecular flexibility index (Phi) is 3.59. The topological polar surface area (TPSA) is 30.9 Å². The quantitative estimate of drug-likeness (QED) is 0.910. The lowest BCUT2D eigenvalue weighted by Gasteiger charge is -2.18. The Morgan fingerprint density at radius 3 is 2.59 bits per heavy atom. The molecule has 0 aliphatic rings. The first-order valence-corrected chi connectivity index (χ1v) is 6.85. The van der Waals surface area contributed by atoms with E-state index in [-0.39, 0.29) is 0 Å². The van der Waals surface area contributed by atoms with Crippen LogP contribution in [0, 0.1) is 0 Å². The van der Waals surface area contributed by atoms with Crippen LogP contribution in [-0.4, -0.2) is 11.1 Å². The van der Waals surface area contributed by atoms with Crippen molar-refractivity contribution in [1.29, 1.82) is 0 Å². The van der Waals surface area contributed by atoms with Gasteiger partial charge in [-0.1, -0.05) is 28.9 Å². The van der Waals surface area contributed by atoms with Gasteiger partial charge in [-0.25, -0.2) is 0 Å². The van der Waals surface area contributed by atoms with Crippen molar-refractivity contribution < 1.29 is 0 Å². The highest BCUT2D eigenvalue weighted by Crippen LogP contribution is 2.32. The van der Waals surface area contributed by atoms with E-state index in [1.54, 1.807) is 0 Å². The third-order valence-corrected chi connectivity index (χ3v) is 3.93. The molecule has 2 N–H and O–H groups in total. The highest BCUT2D eigenvalue weighted by atomic mass is 79.9. The molecule has 0 spiro atoms. The summed E-state index contributed by atoms with van der Waals surface area (Å²) in [4.78, 5) is 0. The van der Waals surface area contributed by atoms with Crippen molar-refractivity contribution >= 4 is 26.8 Å². The Labute approximate surface area is 111 Å². The fourth-order valence-corrected chi connectivity index (χ4v) is 2.78. The maximum Gasteiger partial charge on any atom is 0.0496 e. The Morgan fingerprint density at radius 2 is 2.00 bits per heavy atom. The van der Waals surface area contributed by atoms with Crippen molar-refractivity contribution in [2.24, 2.45) is 5.73 Å². The number of halogens is 1. The lowest BCUT2D eigenvalue weighted by molar-refractivity contribution is 0.567. The first kappa shape index (κ1) is 12.7. The van der Waals surface area contributed by atoms with Crippen LogP contribution < -0.4 is 5.73 Å². The van der Waals surface area contributed by atoms with Crippen LogP contribution in [0.25, 0.3) is 10.9 Å². The summed E-state index contributed by atoms with van der Waals surface area (Å²) < 4.78 is 3.54. The predicted octanol–water partition coefficient (Wildman–Crippen LogP) is 4.05. The van der Waals surface area contributed by atoms with Crippen LogP contribution in [0.15, 0.2) is 28.7 Å². The number of rotatable bonds is 3. The van der Waals surface area contributed by atoms with Crippen LogP contribution in [-0.2, 0) is 0 Å². The average molecular weight is 295 g/mol. The van der Waals surface area contributed by atoms with E-state index in [9.17, 15) is 0 Å². The minimum Gasteiger partial charge on any atom is -0.342 e. The van der Waals surface area contributed by atoms with E-state index >= 15 is 0 Å². The van der Waals surface area contributed by atoms with Crippen LogP contribution in [0.1, 0.15) is 38.4 Å². The molecule has 0 bridgehead atoms. The van der Waals surface area contributed by atoms with Gasteiger partial charge in [-0.05, 0) is 32.0 Å². The molecule has 2 nitrogen and oxygen atoms in total. The number of hydrogen-bond acceptors (Lipinski definition) is 1. The Balaban J connectivity index is 2.75. The summed E-state index contributed by atoms with van der Waals surface area (Å²) in [5.74, 6) is 0.386. The van der Waals surface area contributed by atoms with E-state index in [2.05, 4.69) is 65.5 Å². The molecule has 0 saturated carbocycles. The summed E-state index contributed by atoms with van der Waals surface area (Å²) in [5, 5.41) is 1.27. The maximum absolute atomic E-state index is 5.81. The van der Waals surface area contributed by atoms with Crippen molar-refractivity contribution in [3.05, 3.63) is 34.4 Å². The van der Waals surface area contributed by atoms with Crippen LogP contribution in [0.4, 0.5) is 0 Å². The van der Waals surface area contributed by atoms with Crippen LogP contribution in [0.2, 0.25) is 0 Å². The second-order valence-corrected chi connectivity index (χ2v) is 5.70. The first-order valence-electron chi connectivity index (χ1n) is 6.05. The van der Waals surface area contributed by atoms with E-state index in [1.807, 2.05) is 0 Å². The molecular weight excluding hydrogens is 276 g/mol.